The Morgan fingerprint density at radius 1 is 0.552 bits per heavy atom. The smallest absolute Gasteiger partial charge is 0.382 e. The third-order valence-electron chi connectivity index (χ3n) is 4.97. The summed E-state index contributed by atoms with van der Waals surface area (Å²) in [6.45, 7) is 1.74. The summed E-state index contributed by atoms with van der Waals surface area (Å²) in [5.41, 5.74) is 4.40. The van der Waals surface area contributed by atoms with E-state index in [2.05, 4.69) is 61.4 Å². The van der Waals surface area contributed by atoms with E-state index in [0.29, 0.717) is 0 Å². The van der Waals surface area contributed by atoms with Crippen LogP contribution in [0.4, 0.5) is 11.6 Å². The molecule has 5 rings (SSSR count). The fraction of sp³-hybridized carbons (Fsp3) is 0.0909. The third-order valence-corrected chi connectivity index (χ3v) is 4.97. The average molecular weight is 377 g/mol. The second-order valence-electron chi connectivity index (χ2n) is 6.78. The van der Waals surface area contributed by atoms with Gasteiger partial charge in [-0.05, 0) is 59.7 Å². The molecule has 1 aliphatic heterocycles. The summed E-state index contributed by atoms with van der Waals surface area (Å²) in [5.74, 6) is 1.86. The van der Waals surface area contributed by atoms with E-state index in [0.717, 1.165) is 47.0 Å². The van der Waals surface area contributed by atoms with Crippen LogP contribution in [0.3, 0.4) is 0 Å². The van der Waals surface area contributed by atoms with Gasteiger partial charge in [-0.3, -0.25) is 9.97 Å². The lowest BCUT2D eigenvalue weighted by Crippen LogP contribution is -2.30. The van der Waals surface area contributed by atoms with Crippen LogP contribution < -0.4 is 9.62 Å². The summed E-state index contributed by atoms with van der Waals surface area (Å²) in [6, 6.07) is 16.2. The number of rotatable bonds is 4. The zero-order valence-corrected chi connectivity index (χ0v) is 15.8. The highest BCUT2D eigenvalue weighted by Crippen LogP contribution is 2.24. The first kappa shape index (κ1) is 17.4. The predicted octanol–water partition coefficient (Wildman–Crippen LogP) is 3.46. The summed E-state index contributed by atoms with van der Waals surface area (Å²) in [5, 5.41) is 0. The largest absolute Gasteiger partial charge is 0.394 e. The fourth-order valence-electron chi connectivity index (χ4n) is 3.39. The van der Waals surface area contributed by atoms with E-state index in [9.17, 15) is 0 Å². The number of hydrogen-bond acceptors (Lipinski definition) is 6. The highest BCUT2D eigenvalue weighted by atomic mass is 15.3. The van der Waals surface area contributed by atoms with Crippen molar-refractivity contribution in [2.75, 3.05) is 22.7 Å². The third kappa shape index (κ3) is 3.67. The molecule has 0 atom stereocenters. The maximum absolute atomic E-state index is 4.64. The van der Waals surface area contributed by atoms with Gasteiger partial charge in [0, 0.05) is 61.4 Å². The standard InChI is InChI=1S/C22H18BN6/c1-3-21(26-15-19(1)17-5-9-24-10-6-17)28-13-14-29(23-28)22-4-2-20(16-27-22)18-7-11-25-12-8-18/h1-12,15-16H,13-14H2. The van der Waals surface area contributed by atoms with Gasteiger partial charge >= 0.3 is 7.55 Å². The van der Waals surface area contributed by atoms with Crippen LogP contribution in [0.25, 0.3) is 22.3 Å². The van der Waals surface area contributed by atoms with Crippen LogP contribution in [0, 0.1) is 0 Å². The zero-order chi connectivity index (χ0) is 19.5. The minimum atomic E-state index is 0.870. The normalized spacial score (nSPS) is 13.4. The van der Waals surface area contributed by atoms with Gasteiger partial charge in [-0.1, -0.05) is 0 Å². The van der Waals surface area contributed by atoms with Crippen molar-refractivity contribution in [2.24, 2.45) is 0 Å². The molecule has 0 N–H and O–H groups in total. The molecule has 0 aromatic carbocycles. The van der Waals surface area contributed by atoms with Crippen LogP contribution in [0.5, 0.6) is 0 Å². The predicted molar refractivity (Wildman–Crippen MR) is 115 cm³/mol. The van der Waals surface area contributed by atoms with Gasteiger partial charge in [-0.25, -0.2) is 9.97 Å². The van der Waals surface area contributed by atoms with Crippen LogP contribution in [0.1, 0.15) is 0 Å². The van der Waals surface area contributed by atoms with Crippen LogP contribution >= 0.6 is 0 Å². The minimum Gasteiger partial charge on any atom is -0.382 e. The monoisotopic (exact) mass is 377 g/mol. The molecule has 4 aromatic heterocycles. The van der Waals surface area contributed by atoms with Gasteiger partial charge in [0.25, 0.3) is 0 Å². The summed E-state index contributed by atoms with van der Waals surface area (Å²) in [4.78, 5) is 21.7. The van der Waals surface area contributed by atoms with E-state index >= 15 is 0 Å². The van der Waals surface area contributed by atoms with E-state index < -0.39 is 0 Å². The van der Waals surface area contributed by atoms with E-state index in [1.807, 2.05) is 36.7 Å². The summed E-state index contributed by atoms with van der Waals surface area (Å²) in [7, 11) is 2.07. The number of nitrogens with zero attached hydrogens (tertiary/aromatic N) is 6. The molecule has 6 nitrogen and oxygen atoms in total. The molecule has 1 radical (unpaired) electrons. The quantitative estimate of drug-likeness (QED) is 0.508. The molecule has 0 spiro atoms. The van der Waals surface area contributed by atoms with Crippen molar-refractivity contribution in [1.29, 1.82) is 0 Å². The lowest BCUT2D eigenvalue weighted by molar-refractivity contribution is 0.994. The molecule has 1 saturated heterocycles. The minimum absolute atomic E-state index is 0.870. The maximum atomic E-state index is 4.64. The first-order valence-corrected chi connectivity index (χ1v) is 9.48. The molecule has 1 fully saturated rings. The van der Waals surface area contributed by atoms with Gasteiger partial charge in [-0.15, -0.1) is 0 Å². The van der Waals surface area contributed by atoms with Crippen LogP contribution in [-0.2, 0) is 0 Å². The van der Waals surface area contributed by atoms with Crippen molar-refractivity contribution in [3.8, 4) is 22.3 Å². The van der Waals surface area contributed by atoms with Crippen molar-refractivity contribution < 1.29 is 0 Å². The van der Waals surface area contributed by atoms with E-state index in [1.165, 1.54) is 0 Å². The Morgan fingerprint density at radius 3 is 1.38 bits per heavy atom. The van der Waals surface area contributed by atoms with Gasteiger partial charge in [0.15, 0.2) is 0 Å². The second kappa shape index (κ2) is 7.71. The number of aromatic nitrogens is 4. The Bertz CT molecular complexity index is 983. The van der Waals surface area contributed by atoms with Gasteiger partial charge in [0.1, 0.15) is 11.6 Å². The van der Waals surface area contributed by atoms with E-state index in [4.69, 9.17) is 0 Å². The first-order valence-electron chi connectivity index (χ1n) is 9.48. The van der Waals surface area contributed by atoms with Gasteiger partial charge in [-0.2, -0.15) is 0 Å². The molecule has 7 heteroatoms. The molecule has 0 unspecified atom stereocenters. The summed E-state index contributed by atoms with van der Waals surface area (Å²) >= 11 is 0. The number of anilines is 2. The molecule has 1 aliphatic rings. The van der Waals surface area contributed by atoms with Crippen molar-refractivity contribution >= 4 is 19.2 Å². The van der Waals surface area contributed by atoms with Crippen molar-refractivity contribution in [1.82, 2.24) is 19.9 Å². The highest BCUT2D eigenvalue weighted by Gasteiger charge is 2.25. The molecule has 0 amide bonds. The van der Waals surface area contributed by atoms with Crippen LogP contribution in [0.15, 0.2) is 85.7 Å². The SMILES string of the molecule is [B]1N(c2ccc(-c3ccncc3)cn2)CCN1c1ccc(-c2ccncc2)cn1. The number of pyridine rings is 4. The first-order chi connectivity index (χ1) is 14.4. The average Bonchev–Trinajstić information content (AvgIpc) is 3.31. The highest BCUT2D eigenvalue weighted by molar-refractivity contribution is 6.47. The van der Waals surface area contributed by atoms with Crippen molar-refractivity contribution in [3.63, 3.8) is 0 Å². The molecule has 29 heavy (non-hydrogen) atoms. The Morgan fingerprint density at radius 2 is 1.00 bits per heavy atom. The molecular weight excluding hydrogens is 359 g/mol. The van der Waals surface area contributed by atoms with E-state index in [-0.39, 0.29) is 0 Å². The summed E-state index contributed by atoms with van der Waals surface area (Å²) in [6.07, 6.45) is 11.0. The molecule has 0 aliphatic carbocycles. The zero-order valence-electron chi connectivity index (χ0n) is 15.8. The number of hydrogen-bond donors (Lipinski definition) is 0. The van der Waals surface area contributed by atoms with Gasteiger partial charge in [0.2, 0.25) is 0 Å². The van der Waals surface area contributed by atoms with Crippen LogP contribution in [-0.4, -0.2) is 40.6 Å². The Balaban J connectivity index is 1.28. The maximum Gasteiger partial charge on any atom is 0.394 e. The molecule has 4 aromatic rings. The van der Waals surface area contributed by atoms with Crippen LogP contribution in [0.2, 0.25) is 0 Å². The Hall–Kier alpha value is -3.74. The van der Waals surface area contributed by atoms with Crippen molar-refractivity contribution in [3.05, 3.63) is 85.7 Å². The Labute approximate surface area is 170 Å². The molecule has 5 heterocycles. The lowest BCUT2D eigenvalue weighted by Gasteiger charge is -2.18. The topological polar surface area (TPSA) is 58.0 Å². The molecular formula is C22H18BN6. The Kier molecular flexibility index (Phi) is 4.62. The molecule has 0 bridgehead atoms. The molecule has 0 saturated carbocycles. The van der Waals surface area contributed by atoms with Crippen molar-refractivity contribution in [2.45, 2.75) is 0 Å². The van der Waals surface area contributed by atoms with Gasteiger partial charge < -0.3 is 9.62 Å². The molecule has 139 valence electrons. The van der Waals surface area contributed by atoms with Gasteiger partial charge in [0.05, 0.1) is 0 Å². The second-order valence-corrected chi connectivity index (χ2v) is 6.78. The lowest BCUT2D eigenvalue weighted by atomic mass is 10.1. The fourth-order valence-corrected chi connectivity index (χ4v) is 3.39. The van der Waals surface area contributed by atoms with E-state index in [1.54, 1.807) is 24.8 Å². The summed E-state index contributed by atoms with van der Waals surface area (Å²) < 4.78 is 0.